The Labute approximate surface area is 206 Å². The number of nitrogens with zero attached hydrogens (tertiary/aromatic N) is 4. The SMILES string of the molecule is CCS(=O)(=O)c1cc(-c2cc(Cl)c(OC)c(Cl)c2)cnc1-n1nc2cc(C(F)(F)F)ccn2c1=O. The summed E-state index contributed by atoms with van der Waals surface area (Å²) in [6, 6.07) is 5.68. The molecule has 184 valence electrons. The Kier molecular flexibility index (Phi) is 6.32. The van der Waals surface area contributed by atoms with Crippen LogP contribution in [-0.2, 0) is 16.0 Å². The van der Waals surface area contributed by atoms with Crippen LogP contribution in [0.3, 0.4) is 0 Å². The number of fused-ring (bicyclic) bond motifs is 1. The van der Waals surface area contributed by atoms with Crippen molar-refractivity contribution in [1.29, 1.82) is 0 Å². The number of methoxy groups -OCH3 is 1. The predicted molar refractivity (Wildman–Crippen MR) is 123 cm³/mol. The van der Waals surface area contributed by atoms with Gasteiger partial charge in [0.1, 0.15) is 4.90 Å². The Morgan fingerprint density at radius 2 is 1.74 bits per heavy atom. The molecule has 35 heavy (non-hydrogen) atoms. The van der Waals surface area contributed by atoms with Gasteiger partial charge in [0.15, 0.2) is 27.1 Å². The Hall–Kier alpha value is -3.09. The van der Waals surface area contributed by atoms with Crippen molar-refractivity contribution in [2.45, 2.75) is 18.0 Å². The van der Waals surface area contributed by atoms with Crippen LogP contribution < -0.4 is 10.4 Å². The van der Waals surface area contributed by atoms with E-state index in [1.165, 1.54) is 38.4 Å². The third-order valence-electron chi connectivity index (χ3n) is 5.14. The van der Waals surface area contributed by atoms with Gasteiger partial charge in [0.25, 0.3) is 0 Å². The van der Waals surface area contributed by atoms with Crippen LogP contribution in [0.25, 0.3) is 22.6 Å². The molecule has 14 heteroatoms. The molecule has 0 atom stereocenters. The fraction of sp³-hybridized carbons (Fsp3) is 0.190. The summed E-state index contributed by atoms with van der Waals surface area (Å²) in [5.74, 6) is -0.462. The summed E-state index contributed by atoms with van der Waals surface area (Å²) in [5, 5.41) is 4.25. The van der Waals surface area contributed by atoms with Gasteiger partial charge in [0, 0.05) is 18.0 Å². The summed E-state index contributed by atoms with van der Waals surface area (Å²) in [7, 11) is -2.58. The van der Waals surface area contributed by atoms with Crippen molar-refractivity contribution in [3.05, 3.63) is 68.8 Å². The third kappa shape index (κ3) is 4.48. The molecule has 4 aromatic rings. The second-order valence-corrected chi connectivity index (χ2v) is 10.3. The summed E-state index contributed by atoms with van der Waals surface area (Å²) in [5.41, 5.74) is -1.51. The first-order valence-corrected chi connectivity index (χ1v) is 12.2. The highest BCUT2D eigenvalue weighted by molar-refractivity contribution is 7.91. The molecule has 0 unspecified atom stereocenters. The van der Waals surface area contributed by atoms with E-state index in [4.69, 9.17) is 27.9 Å². The Bertz CT molecular complexity index is 1610. The van der Waals surface area contributed by atoms with Gasteiger partial charge in [-0.3, -0.25) is 0 Å². The lowest BCUT2D eigenvalue weighted by atomic mass is 10.1. The number of pyridine rings is 2. The lowest BCUT2D eigenvalue weighted by Crippen LogP contribution is -2.23. The minimum Gasteiger partial charge on any atom is -0.494 e. The molecule has 4 rings (SSSR count). The lowest BCUT2D eigenvalue weighted by molar-refractivity contribution is -0.137. The van der Waals surface area contributed by atoms with Crippen molar-refractivity contribution in [2.24, 2.45) is 0 Å². The molecule has 3 heterocycles. The number of ether oxygens (including phenoxy) is 1. The third-order valence-corrected chi connectivity index (χ3v) is 7.43. The van der Waals surface area contributed by atoms with Crippen LogP contribution in [0, 0.1) is 0 Å². The van der Waals surface area contributed by atoms with Gasteiger partial charge >= 0.3 is 11.9 Å². The van der Waals surface area contributed by atoms with E-state index in [9.17, 15) is 26.4 Å². The minimum atomic E-state index is -4.65. The molecule has 3 aromatic heterocycles. The highest BCUT2D eigenvalue weighted by atomic mass is 35.5. The highest BCUT2D eigenvalue weighted by Gasteiger charge is 2.31. The molecule has 0 spiro atoms. The number of benzene rings is 1. The monoisotopic (exact) mass is 546 g/mol. The number of hydrogen-bond acceptors (Lipinski definition) is 6. The van der Waals surface area contributed by atoms with Crippen LogP contribution in [0.4, 0.5) is 13.2 Å². The average Bonchev–Trinajstić information content (AvgIpc) is 3.13. The van der Waals surface area contributed by atoms with Crippen molar-refractivity contribution >= 4 is 38.7 Å². The lowest BCUT2D eigenvalue weighted by Gasteiger charge is -2.12. The van der Waals surface area contributed by atoms with Crippen molar-refractivity contribution in [1.82, 2.24) is 19.2 Å². The van der Waals surface area contributed by atoms with Crippen LogP contribution >= 0.6 is 23.2 Å². The fourth-order valence-electron chi connectivity index (χ4n) is 3.35. The van der Waals surface area contributed by atoms with Crippen LogP contribution in [0.5, 0.6) is 5.75 Å². The summed E-state index contributed by atoms with van der Waals surface area (Å²) >= 11 is 12.4. The first kappa shape index (κ1) is 25.0. The van der Waals surface area contributed by atoms with Gasteiger partial charge in [-0.1, -0.05) is 30.1 Å². The molecule has 0 aliphatic rings. The average molecular weight is 547 g/mol. The summed E-state index contributed by atoms with van der Waals surface area (Å²) in [6.07, 6.45) is -2.47. The van der Waals surface area contributed by atoms with E-state index in [0.29, 0.717) is 21.9 Å². The van der Waals surface area contributed by atoms with Crippen LogP contribution in [0.1, 0.15) is 12.5 Å². The molecule has 0 fully saturated rings. The zero-order valence-corrected chi connectivity index (χ0v) is 20.3. The number of rotatable bonds is 5. The van der Waals surface area contributed by atoms with Crippen LogP contribution in [-0.4, -0.2) is 40.4 Å². The standard InChI is InChI=1S/C21H15Cl2F3N4O4S/c1-3-35(32,33)16-8-12(11-6-14(22)18(34-2)15(23)7-11)10-27-19(16)30-20(31)29-5-4-13(21(24,25)26)9-17(29)28-30/h4-10H,3H2,1-2H3. The van der Waals surface area contributed by atoms with Crippen molar-refractivity contribution in [2.75, 3.05) is 12.9 Å². The maximum Gasteiger partial charge on any atom is 0.416 e. The summed E-state index contributed by atoms with van der Waals surface area (Å²) in [6.45, 7) is 1.40. The van der Waals surface area contributed by atoms with Gasteiger partial charge in [-0.15, -0.1) is 5.10 Å². The number of halogens is 5. The number of sulfone groups is 1. The van der Waals surface area contributed by atoms with Crippen molar-refractivity contribution in [3.63, 3.8) is 0 Å². The van der Waals surface area contributed by atoms with Crippen LogP contribution in [0.15, 0.2) is 52.4 Å². The molecule has 8 nitrogen and oxygen atoms in total. The van der Waals surface area contributed by atoms with E-state index < -0.39 is 27.3 Å². The summed E-state index contributed by atoms with van der Waals surface area (Å²) in [4.78, 5) is 16.7. The molecule has 0 aliphatic heterocycles. The summed E-state index contributed by atoms with van der Waals surface area (Å²) < 4.78 is 71.7. The van der Waals surface area contributed by atoms with Gasteiger partial charge in [0.2, 0.25) is 0 Å². The van der Waals surface area contributed by atoms with Crippen LogP contribution in [0.2, 0.25) is 10.0 Å². The van der Waals surface area contributed by atoms with E-state index in [1.807, 2.05) is 0 Å². The molecule has 0 saturated carbocycles. The normalized spacial score (nSPS) is 12.3. The van der Waals surface area contributed by atoms with E-state index in [-0.39, 0.29) is 37.9 Å². The first-order chi connectivity index (χ1) is 16.4. The fourth-order valence-corrected chi connectivity index (χ4v) is 5.02. The molecule has 0 radical (unpaired) electrons. The number of alkyl halides is 3. The first-order valence-electron chi connectivity index (χ1n) is 9.82. The van der Waals surface area contributed by atoms with Crippen molar-refractivity contribution < 1.29 is 26.3 Å². The van der Waals surface area contributed by atoms with Gasteiger partial charge in [-0.25, -0.2) is 22.6 Å². The zero-order valence-electron chi connectivity index (χ0n) is 18.0. The Morgan fingerprint density at radius 3 is 2.31 bits per heavy atom. The topological polar surface area (TPSA) is 95.6 Å². The molecule has 1 aromatic carbocycles. The maximum absolute atomic E-state index is 13.1. The molecular formula is C21H15Cl2F3N4O4S. The minimum absolute atomic E-state index is 0.177. The van der Waals surface area contributed by atoms with Gasteiger partial charge in [-0.05, 0) is 35.9 Å². The molecule has 0 aliphatic carbocycles. The molecule has 0 amide bonds. The van der Waals surface area contributed by atoms with Gasteiger partial charge in [0.05, 0.1) is 28.5 Å². The molecule has 0 saturated heterocycles. The molecule has 0 bridgehead atoms. The van der Waals surface area contributed by atoms with Crippen molar-refractivity contribution in [3.8, 4) is 22.7 Å². The maximum atomic E-state index is 13.1. The number of aromatic nitrogens is 4. The van der Waals surface area contributed by atoms with Gasteiger partial charge in [-0.2, -0.15) is 17.9 Å². The smallest absolute Gasteiger partial charge is 0.416 e. The quantitative estimate of drug-likeness (QED) is 0.360. The molecular weight excluding hydrogens is 532 g/mol. The predicted octanol–water partition coefficient (Wildman–Crippen LogP) is 4.68. The number of hydrogen-bond donors (Lipinski definition) is 0. The zero-order chi connectivity index (χ0) is 25.7. The second kappa shape index (κ2) is 8.85. The molecule has 0 N–H and O–H groups in total. The van der Waals surface area contributed by atoms with E-state index in [0.717, 1.165) is 16.7 Å². The van der Waals surface area contributed by atoms with Gasteiger partial charge < -0.3 is 4.74 Å². The second-order valence-electron chi connectivity index (χ2n) is 7.26. The van der Waals surface area contributed by atoms with E-state index in [2.05, 4.69) is 10.1 Å². The Morgan fingerprint density at radius 1 is 1.09 bits per heavy atom. The van der Waals surface area contributed by atoms with E-state index >= 15 is 0 Å². The largest absolute Gasteiger partial charge is 0.494 e. The Balaban J connectivity index is 1.95. The highest BCUT2D eigenvalue weighted by Crippen LogP contribution is 2.38. The van der Waals surface area contributed by atoms with E-state index in [1.54, 1.807) is 0 Å².